The molecule has 9 nitrogen and oxygen atoms in total. The second kappa shape index (κ2) is 12.8. The molecule has 3 amide bonds. The molecule has 1 aliphatic heterocycles. The lowest BCUT2D eigenvalue weighted by molar-refractivity contribution is -0.124. The summed E-state index contributed by atoms with van der Waals surface area (Å²) in [6.45, 7) is 1.68. The third-order valence-electron chi connectivity index (χ3n) is 6.12. The van der Waals surface area contributed by atoms with Crippen LogP contribution in [0, 0.1) is 5.92 Å². The number of methoxy groups -OCH3 is 3. The van der Waals surface area contributed by atoms with Gasteiger partial charge in [-0.25, -0.2) is 0 Å². The molecule has 1 heterocycles. The minimum atomic E-state index is -0.736. The van der Waals surface area contributed by atoms with E-state index in [9.17, 15) is 14.4 Å². The van der Waals surface area contributed by atoms with Crippen LogP contribution in [0.1, 0.15) is 33.6 Å². The highest BCUT2D eigenvalue weighted by Crippen LogP contribution is 2.24. The van der Waals surface area contributed by atoms with Gasteiger partial charge in [0.05, 0.1) is 20.8 Å². The van der Waals surface area contributed by atoms with Gasteiger partial charge in [0, 0.05) is 37.9 Å². The van der Waals surface area contributed by atoms with Gasteiger partial charge in [0.15, 0.2) is 0 Å². The Morgan fingerprint density at radius 1 is 0.943 bits per heavy atom. The lowest BCUT2D eigenvalue weighted by Crippen LogP contribution is -2.54. The van der Waals surface area contributed by atoms with E-state index in [-0.39, 0.29) is 23.6 Å². The van der Waals surface area contributed by atoms with Crippen LogP contribution in [-0.4, -0.2) is 76.2 Å². The van der Waals surface area contributed by atoms with E-state index in [4.69, 9.17) is 14.2 Å². The van der Waals surface area contributed by atoms with Gasteiger partial charge in [0.2, 0.25) is 5.91 Å². The molecule has 0 saturated carbocycles. The normalized spacial score (nSPS) is 14.7. The Balaban J connectivity index is 1.69. The number of benzene rings is 2. The van der Waals surface area contributed by atoms with Gasteiger partial charge in [-0.15, -0.1) is 0 Å². The first-order chi connectivity index (χ1) is 17.0. The van der Waals surface area contributed by atoms with Gasteiger partial charge in [0.1, 0.15) is 17.5 Å². The van der Waals surface area contributed by atoms with E-state index in [0.717, 1.165) is 0 Å². The van der Waals surface area contributed by atoms with Crippen molar-refractivity contribution in [3.63, 3.8) is 0 Å². The summed E-state index contributed by atoms with van der Waals surface area (Å²) in [4.78, 5) is 40.7. The standard InChI is InChI=1S/C26H33N3O6/c1-33-15-12-27-25(31)23(28-24(30)19-6-4-8-21(16-19)34-2)18-10-13-29(14-11-18)26(32)20-7-5-9-22(17-20)35-3/h4-9,16-18,23H,10-15H2,1-3H3,(H,27,31)(H,28,30)/t23-/m1/s1. The minimum absolute atomic E-state index is 0.0798. The topological polar surface area (TPSA) is 106 Å². The molecule has 0 aliphatic carbocycles. The van der Waals surface area contributed by atoms with E-state index < -0.39 is 6.04 Å². The molecule has 0 unspecified atom stereocenters. The number of carbonyl (C=O) groups excluding carboxylic acids is 3. The Hall–Kier alpha value is -3.59. The van der Waals surface area contributed by atoms with Crippen molar-refractivity contribution < 1.29 is 28.6 Å². The quantitative estimate of drug-likeness (QED) is 0.502. The molecule has 2 N–H and O–H groups in total. The zero-order valence-electron chi connectivity index (χ0n) is 20.4. The van der Waals surface area contributed by atoms with Crippen LogP contribution < -0.4 is 20.1 Å². The van der Waals surface area contributed by atoms with Crippen LogP contribution in [0.4, 0.5) is 0 Å². The number of rotatable bonds is 10. The van der Waals surface area contributed by atoms with Crippen molar-refractivity contribution in [2.24, 2.45) is 5.92 Å². The molecular formula is C26H33N3O6. The van der Waals surface area contributed by atoms with Crippen molar-refractivity contribution in [1.29, 1.82) is 0 Å². The van der Waals surface area contributed by atoms with Crippen molar-refractivity contribution in [3.05, 3.63) is 59.7 Å². The van der Waals surface area contributed by atoms with Gasteiger partial charge in [-0.1, -0.05) is 12.1 Å². The SMILES string of the molecule is COCCNC(=O)[C@H](NC(=O)c1cccc(OC)c1)C1CCN(C(=O)c2cccc(OC)c2)CC1. The van der Waals surface area contributed by atoms with Gasteiger partial charge < -0.3 is 29.7 Å². The number of nitrogens with one attached hydrogen (secondary N) is 2. The molecule has 188 valence electrons. The second-order valence-corrected chi connectivity index (χ2v) is 8.33. The zero-order valence-corrected chi connectivity index (χ0v) is 20.4. The number of hydrogen-bond acceptors (Lipinski definition) is 6. The lowest BCUT2D eigenvalue weighted by atomic mass is 9.88. The molecule has 0 bridgehead atoms. The Morgan fingerprint density at radius 3 is 2.14 bits per heavy atom. The first-order valence-corrected chi connectivity index (χ1v) is 11.6. The van der Waals surface area contributed by atoms with Crippen LogP contribution in [0.3, 0.4) is 0 Å². The van der Waals surface area contributed by atoms with Crippen LogP contribution in [0.5, 0.6) is 11.5 Å². The molecule has 2 aromatic rings. The number of carbonyl (C=O) groups is 3. The number of amides is 3. The number of hydrogen-bond donors (Lipinski definition) is 2. The molecule has 1 fully saturated rings. The van der Waals surface area contributed by atoms with E-state index in [1.165, 1.54) is 7.11 Å². The first kappa shape index (κ1) is 26.0. The monoisotopic (exact) mass is 483 g/mol. The smallest absolute Gasteiger partial charge is 0.253 e. The van der Waals surface area contributed by atoms with E-state index in [0.29, 0.717) is 61.7 Å². The molecule has 0 spiro atoms. The lowest BCUT2D eigenvalue weighted by Gasteiger charge is -2.36. The maximum absolute atomic E-state index is 13.0. The predicted molar refractivity (Wildman–Crippen MR) is 131 cm³/mol. The summed E-state index contributed by atoms with van der Waals surface area (Å²) < 4.78 is 15.5. The van der Waals surface area contributed by atoms with E-state index in [2.05, 4.69) is 10.6 Å². The average molecular weight is 484 g/mol. The van der Waals surface area contributed by atoms with Crippen molar-refractivity contribution in [2.45, 2.75) is 18.9 Å². The number of nitrogens with zero attached hydrogens (tertiary/aromatic N) is 1. The molecule has 2 aromatic carbocycles. The number of piperidine rings is 1. The Morgan fingerprint density at radius 2 is 1.54 bits per heavy atom. The fraction of sp³-hybridized carbons (Fsp3) is 0.423. The third kappa shape index (κ3) is 6.95. The van der Waals surface area contributed by atoms with Crippen LogP contribution in [0.25, 0.3) is 0 Å². The molecule has 1 aliphatic rings. The van der Waals surface area contributed by atoms with Crippen LogP contribution in [-0.2, 0) is 9.53 Å². The van der Waals surface area contributed by atoms with Gasteiger partial charge in [-0.05, 0) is 55.2 Å². The molecule has 9 heteroatoms. The predicted octanol–water partition coefficient (Wildman–Crippen LogP) is 2.12. The molecular weight excluding hydrogens is 450 g/mol. The van der Waals surface area contributed by atoms with Crippen LogP contribution in [0.15, 0.2) is 48.5 Å². The largest absolute Gasteiger partial charge is 0.497 e. The molecule has 35 heavy (non-hydrogen) atoms. The molecule has 1 saturated heterocycles. The maximum atomic E-state index is 13.0. The Labute approximate surface area is 205 Å². The van der Waals surface area contributed by atoms with E-state index in [1.54, 1.807) is 67.7 Å². The molecule has 3 rings (SSSR count). The highest BCUT2D eigenvalue weighted by Gasteiger charge is 2.34. The van der Waals surface area contributed by atoms with E-state index >= 15 is 0 Å². The summed E-state index contributed by atoms with van der Waals surface area (Å²) in [5.74, 6) is 0.355. The summed E-state index contributed by atoms with van der Waals surface area (Å²) in [6.07, 6.45) is 1.16. The van der Waals surface area contributed by atoms with Gasteiger partial charge in [-0.2, -0.15) is 0 Å². The second-order valence-electron chi connectivity index (χ2n) is 8.33. The molecule has 0 aromatic heterocycles. The Bertz CT molecular complexity index is 1020. The minimum Gasteiger partial charge on any atom is -0.497 e. The van der Waals surface area contributed by atoms with Crippen molar-refractivity contribution in [1.82, 2.24) is 15.5 Å². The first-order valence-electron chi connectivity index (χ1n) is 11.6. The summed E-state index contributed by atoms with van der Waals surface area (Å²) in [5, 5.41) is 5.74. The summed E-state index contributed by atoms with van der Waals surface area (Å²) in [7, 11) is 4.65. The van der Waals surface area contributed by atoms with Crippen molar-refractivity contribution in [3.8, 4) is 11.5 Å². The fourth-order valence-electron chi connectivity index (χ4n) is 4.15. The van der Waals surface area contributed by atoms with Gasteiger partial charge in [-0.3, -0.25) is 14.4 Å². The highest BCUT2D eigenvalue weighted by atomic mass is 16.5. The summed E-state index contributed by atoms with van der Waals surface area (Å²) in [5.41, 5.74) is 0.965. The summed E-state index contributed by atoms with van der Waals surface area (Å²) >= 11 is 0. The third-order valence-corrected chi connectivity index (χ3v) is 6.12. The Kier molecular flexibility index (Phi) is 9.48. The zero-order chi connectivity index (χ0) is 25.2. The highest BCUT2D eigenvalue weighted by molar-refractivity contribution is 5.98. The fourth-order valence-corrected chi connectivity index (χ4v) is 4.15. The van der Waals surface area contributed by atoms with Crippen molar-refractivity contribution in [2.75, 3.05) is 47.6 Å². The maximum Gasteiger partial charge on any atom is 0.253 e. The molecule has 1 atom stereocenters. The van der Waals surface area contributed by atoms with Crippen LogP contribution >= 0.6 is 0 Å². The van der Waals surface area contributed by atoms with Crippen molar-refractivity contribution >= 4 is 17.7 Å². The number of likely N-dealkylation sites (tertiary alicyclic amines) is 1. The summed E-state index contributed by atoms with van der Waals surface area (Å²) in [6, 6.07) is 13.1. The van der Waals surface area contributed by atoms with Gasteiger partial charge in [0.25, 0.3) is 11.8 Å². The van der Waals surface area contributed by atoms with Gasteiger partial charge >= 0.3 is 0 Å². The average Bonchev–Trinajstić information content (AvgIpc) is 2.91. The molecule has 0 radical (unpaired) electrons. The number of ether oxygens (including phenoxy) is 3. The van der Waals surface area contributed by atoms with Crippen LogP contribution in [0.2, 0.25) is 0 Å². The van der Waals surface area contributed by atoms with E-state index in [1.807, 2.05) is 0 Å².